The van der Waals surface area contributed by atoms with Crippen LogP contribution in [-0.4, -0.2) is 129 Å². The standard InChI is InChI=1S/C21H32F2O2.C17H26F2O2.C16H23F3O2.3C15H23FO2.C14H20F2O2/c1-14-3-5-17(6-4-14)21-10-15-7-16(11-21)9-20(8-15,12-21)13-25-18(24)19(2,22)23;1-13-5-14(2)7-15(3,6-13)10-17(8-13,9-14)11-21-12(20)16(4,18)19;1-14(2,16(17,18)19)13(20)21-9-15-6-10-3-11(7-15)5-12(4-10)8-15;3*1-14(2,16)13(17)18-9-15-6-10-3-11(7-15)5-12(4-10)8-15;1-13(15,16)12(17)18-8-14-5-9-2-10(6-14)4-11(3-9)7-14/h14-17H,3-13H2,1-2H3;5-11H2,1-4H3;10-12H,3-9H2,1-2H3;3*10-12H,3-9H2,1-2H3;9-11H,2-8H2,1H3. The smallest absolute Gasteiger partial charge is 0.404 e. The van der Waals surface area contributed by atoms with Crippen LogP contribution >= 0.6 is 0 Å². The Balaban J connectivity index is 0.000000117. The number of alkyl halides is 12. The van der Waals surface area contributed by atoms with Crippen LogP contribution in [0.4, 0.5) is 52.7 Å². The molecule has 14 nitrogen and oxygen atoms in total. The Kier molecular flexibility index (Phi) is 29.5. The molecule has 2 atom stereocenters. The van der Waals surface area contributed by atoms with Gasteiger partial charge in [-0.2, -0.15) is 39.5 Å². The van der Waals surface area contributed by atoms with E-state index in [2.05, 4.69) is 27.7 Å². The van der Waals surface area contributed by atoms with Gasteiger partial charge in [-0.05, 0) is 472 Å². The van der Waals surface area contributed by atoms with E-state index in [1.807, 2.05) is 0 Å². The molecule has 29 fully saturated rings. The zero-order chi connectivity index (χ0) is 101. The Morgan fingerprint density at radius 3 is 0.626 bits per heavy atom. The lowest BCUT2D eigenvalue weighted by atomic mass is 9.36. The molecule has 0 aliphatic heterocycles. The third kappa shape index (κ3) is 24.7. The van der Waals surface area contributed by atoms with Crippen LogP contribution in [0.2, 0.25) is 0 Å². The van der Waals surface area contributed by atoms with Crippen LogP contribution in [0.3, 0.4) is 0 Å². The van der Waals surface area contributed by atoms with Crippen LogP contribution in [0.25, 0.3) is 0 Å². The number of esters is 7. The number of hydrogen-bond donors (Lipinski definition) is 0. The van der Waals surface area contributed by atoms with E-state index in [0.29, 0.717) is 63.8 Å². The van der Waals surface area contributed by atoms with E-state index in [0.717, 1.165) is 186 Å². The summed E-state index contributed by atoms with van der Waals surface area (Å²) in [6.07, 6.45) is 51.8. The lowest BCUT2D eigenvalue weighted by Crippen LogP contribution is -2.60. The van der Waals surface area contributed by atoms with Crippen molar-refractivity contribution in [3.63, 3.8) is 0 Å². The minimum absolute atomic E-state index is 0.0198. The first-order chi connectivity index (χ1) is 64.1. The largest absolute Gasteiger partial charge is 0.464 e. The summed E-state index contributed by atoms with van der Waals surface area (Å²) >= 11 is 0. The van der Waals surface area contributed by atoms with E-state index in [9.17, 15) is 86.2 Å². The summed E-state index contributed by atoms with van der Waals surface area (Å²) in [5.74, 6) is -2.41. The highest BCUT2D eigenvalue weighted by atomic mass is 19.4. The monoisotopic (exact) mass is 1980 g/mol. The van der Waals surface area contributed by atoms with Crippen LogP contribution in [0.5, 0.6) is 0 Å². The van der Waals surface area contributed by atoms with Crippen molar-refractivity contribution in [3.8, 4) is 0 Å². The fourth-order valence-electron chi connectivity index (χ4n) is 38.8. The van der Waals surface area contributed by atoms with Gasteiger partial charge in [-0.15, -0.1) is 0 Å². The first-order valence-corrected chi connectivity index (χ1v) is 54.6. The average molecular weight is 1980 g/mol. The summed E-state index contributed by atoms with van der Waals surface area (Å²) in [7, 11) is 0. The van der Waals surface area contributed by atoms with Crippen LogP contribution in [-0.2, 0) is 66.7 Å². The van der Waals surface area contributed by atoms with Gasteiger partial charge in [-0.3, -0.25) is 4.79 Å². The molecule has 28 bridgehead atoms. The van der Waals surface area contributed by atoms with Gasteiger partial charge in [-0.25, -0.2) is 41.9 Å². The number of rotatable bonds is 22. The van der Waals surface area contributed by atoms with E-state index < -0.39 is 88.2 Å². The van der Waals surface area contributed by atoms with Crippen LogP contribution in [0, 0.1) is 177 Å². The van der Waals surface area contributed by atoms with Crippen LogP contribution in [0.15, 0.2) is 0 Å². The number of carbonyl (C=O) groups is 7. The Bertz CT molecular complexity index is 3880. The summed E-state index contributed by atoms with van der Waals surface area (Å²) in [5.41, 5.74) is -6.31. The predicted molar refractivity (Wildman–Crippen MR) is 502 cm³/mol. The molecule has 0 heterocycles. The van der Waals surface area contributed by atoms with E-state index in [1.54, 1.807) is 0 Å². The maximum Gasteiger partial charge on any atom is 0.404 e. The SMILES string of the molecule is CC(C)(C(=O)OCC12CC3CC(CC(C3)C1)C2)C(F)(F)F.CC(C)(F)C(=O)OCC12CC3CC(CC(C3)C1)C2.CC(C)(F)C(=O)OCC12CC3CC(CC(C3)C1)C2.CC(C)(F)C(=O)OCC12CC3CC(CC(C3)C1)C2.CC(F)(F)C(=O)OCC12CC3CC(CC(C3)C1)C2.CC12CC3(C)CC(C)(C1)CC(COC(=O)C(C)(F)F)(C2)C3.CC1CCC(C23CC4CC(CC(COC(=O)C(C)(F)F)(C4)C2)C3)CC1. The molecular formula is C113H170F12O14. The number of carbonyl (C=O) groups excluding carboxylic acids is 7. The lowest BCUT2D eigenvalue weighted by Gasteiger charge is -2.68. The van der Waals surface area contributed by atoms with Crippen molar-refractivity contribution in [2.24, 2.45) is 177 Å². The maximum atomic E-state index is 13.5. The summed E-state index contributed by atoms with van der Waals surface area (Å²) < 4.78 is 193. The topological polar surface area (TPSA) is 184 Å². The van der Waals surface area contributed by atoms with Crippen molar-refractivity contribution in [2.75, 3.05) is 46.2 Å². The van der Waals surface area contributed by atoms with E-state index in [-0.39, 0.29) is 80.6 Å². The molecular weight excluding hydrogens is 1810 g/mol. The molecule has 0 amide bonds. The van der Waals surface area contributed by atoms with Gasteiger partial charge in [0.2, 0.25) is 17.0 Å². The molecule has 790 valence electrons. The van der Waals surface area contributed by atoms with Gasteiger partial charge < -0.3 is 33.2 Å². The molecule has 0 aromatic carbocycles. The quantitative estimate of drug-likeness (QED) is 0.0566. The Hall–Kier alpha value is -4.55. The molecule has 29 aliphatic carbocycles. The second kappa shape index (κ2) is 38.2. The Labute approximate surface area is 820 Å². The van der Waals surface area contributed by atoms with E-state index >= 15 is 0 Å². The first kappa shape index (κ1) is 107. The van der Waals surface area contributed by atoms with Crippen molar-refractivity contribution in [1.82, 2.24) is 0 Å². The molecule has 29 saturated carbocycles. The Morgan fingerprint density at radius 2 is 0.417 bits per heavy atom. The van der Waals surface area contributed by atoms with Gasteiger partial charge >= 0.3 is 65.7 Å². The maximum absolute atomic E-state index is 13.5. The van der Waals surface area contributed by atoms with Gasteiger partial charge in [0, 0.05) is 58.7 Å². The summed E-state index contributed by atoms with van der Waals surface area (Å²) in [6, 6.07) is 0. The minimum atomic E-state index is -4.56. The van der Waals surface area contributed by atoms with E-state index in [1.165, 1.54) is 260 Å². The molecule has 0 aromatic heterocycles. The lowest BCUT2D eigenvalue weighted by molar-refractivity contribution is -0.228. The molecule has 139 heavy (non-hydrogen) atoms. The first-order valence-electron chi connectivity index (χ1n) is 54.6. The molecule has 26 heteroatoms. The molecule has 29 aliphatic rings. The van der Waals surface area contributed by atoms with Crippen molar-refractivity contribution < 1.29 is 119 Å². The third-order valence-electron chi connectivity index (χ3n) is 40.2. The highest BCUT2D eigenvalue weighted by molar-refractivity contribution is 5.80. The molecule has 0 N–H and O–H groups in total. The third-order valence-corrected chi connectivity index (χ3v) is 40.2. The highest BCUT2D eigenvalue weighted by Gasteiger charge is 2.67. The predicted octanol–water partition coefficient (Wildman–Crippen LogP) is 28.4. The summed E-state index contributed by atoms with van der Waals surface area (Å²) in [4.78, 5) is 80.8. The van der Waals surface area contributed by atoms with Gasteiger partial charge in [0.05, 0.1) is 46.2 Å². The molecule has 0 spiro atoms. The molecule has 0 radical (unpaired) electrons. The number of hydrogen-bond acceptors (Lipinski definition) is 14. The second-order valence-electron chi connectivity index (χ2n) is 57.1. The van der Waals surface area contributed by atoms with Gasteiger partial charge in [0.15, 0.2) is 5.41 Å². The van der Waals surface area contributed by atoms with Gasteiger partial charge in [0.1, 0.15) is 0 Å². The number of halogens is 12. The van der Waals surface area contributed by atoms with Gasteiger partial charge in [0.25, 0.3) is 0 Å². The number of ether oxygens (including phenoxy) is 7. The van der Waals surface area contributed by atoms with E-state index in [4.69, 9.17) is 33.2 Å². The van der Waals surface area contributed by atoms with Crippen molar-refractivity contribution >= 4 is 41.8 Å². The molecule has 0 aromatic rings. The van der Waals surface area contributed by atoms with Crippen LogP contribution < -0.4 is 0 Å². The Morgan fingerprint density at radius 1 is 0.230 bits per heavy atom. The molecule has 0 saturated heterocycles. The van der Waals surface area contributed by atoms with Crippen molar-refractivity contribution in [3.05, 3.63) is 0 Å². The van der Waals surface area contributed by atoms with Crippen LogP contribution in [0.1, 0.15) is 399 Å². The summed E-state index contributed by atoms with van der Waals surface area (Å²) in [6.45, 7) is 22.7. The van der Waals surface area contributed by atoms with Gasteiger partial charge in [-0.1, -0.05) is 40.5 Å². The fraction of sp³-hybridized carbons (Fsp3) is 0.938. The van der Waals surface area contributed by atoms with Crippen molar-refractivity contribution in [2.45, 2.75) is 440 Å². The average Bonchev–Trinajstić information content (AvgIpc) is 0.695. The molecule has 2 unspecified atom stereocenters. The fourth-order valence-corrected chi connectivity index (χ4v) is 38.8. The highest BCUT2D eigenvalue weighted by Crippen LogP contribution is 2.75. The molecule has 29 rings (SSSR count). The summed E-state index contributed by atoms with van der Waals surface area (Å²) in [5, 5.41) is 0. The zero-order valence-electron chi connectivity index (χ0n) is 86.7. The second-order valence-corrected chi connectivity index (χ2v) is 57.1. The zero-order valence-corrected chi connectivity index (χ0v) is 86.7. The van der Waals surface area contributed by atoms with Crippen molar-refractivity contribution in [1.29, 1.82) is 0 Å². The normalized spacial score (nSPS) is 43.3. The minimum Gasteiger partial charge on any atom is -0.464 e.